The van der Waals surface area contributed by atoms with Gasteiger partial charge in [-0.1, -0.05) is 29.8 Å². The van der Waals surface area contributed by atoms with Gasteiger partial charge in [0.25, 0.3) is 11.8 Å². The molecule has 2 aromatic carbocycles. The van der Waals surface area contributed by atoms with Crippen molar-refractivity contribution < 1.29 is 18.8 Å². The minimum absolute atomic E-state index is 0.0129. The molecule has 188 valence electrons. The van der Waals surface area contributed by atoms with Gasteiger partial charge in [-0.15, -0.1) is 0 Å². The van der Waals surface area contributed by atoms with Crippen LogP contribution < -0.4 is 10.6 Å². The highest BCUT2D eigenvalue weighted by molar-refractivity contribution is 6.30. The third kappa shape index (κ3) is 4.70. The minimum atomic E-state index is -0.542. The topological polar surface area (TPSA) is 105 Å². The fourth-order valence-electron chi connectivity index (χ4n) is 4.76. The van der Waals surface area contributed by atoms with Crippen molar-refractivity contribution in [2.24, 2.45) is 0 Å². The molecule has 10 heteroatoms. The van der Waals surface area contributed by atoms with Gasteiger partial charge in [0.1, 0.15) is 17.2 Å². The second-order valence-electron chi connectivity index (χ2n) is 8.99. The van der Waals surface area contributed by atoms with Crippen LogP contribution in [0, 0.1) is 12.7 Å². The molecule has 37 heavy (non-hydrogen) atoms. The van der Waals surface area contributed by atoms with Crippen molar-refractivity contribution in [3.8, 4) is 0 Å². The number of nitrogens with zero attached hydrogens (tertiary/aromatic N) is 3. The van der Waals surface area contributed by atoms with Crippen LogP contribution in [-0.4, -0.2) is 32.2 Å². The van der Waals surface area contributed by atoms with Crippen LogP contribution in [0.1, 0.15) is 73.0 Å². The van der Waals surface area contributed by atoms with Crippen molar-refractivity contribution in [1.29, 1.82) is 0 Å². The van der Waals surface area contributed by atoms with Gasteiger partial charge in [0.15, 0.2) is 11.4 Å². The highest BCUT2D eigenvalue weighted by Crippen LogP contribution is 2.35. The van der Waals surface area contributed by atoms with Gasteiger partial charge in [0.2, 0.25) is 0 Å². The third-order valence-corrected chi connectivity index (χ3v) is 6.93. The molecule has 0 saturated carbocycles. The summed E-state index contributed by atoms with van der Waals surface area (Å²) in [6.45, 7) is 3.58. The lowest BCUT2D eigenvalue weighted by Crippen LogP contribution is -2.30. The van der Waals surface area contributed by atoms with Gasteiger partial charge in [0.05, 0.1) is 17.3 Å². The SMILES string of the molecule is CC(=O)c1ccc2c(c1C)CC[C@@H]2NC(=O)c1cc(C(=O)NCc2ccc(F)c(Cl)c2)nc2ccnn12. The maximum Gasteiger partial charge on any atom is 0.270 e. The predicted octanol–water partition coefficient (Wildman–Crippen LogP) is 4.38. The normalized spacial score (nSPS) is 14.4. The van der Waals surface area contributed by atoms with E-state index in [1.54, 1.807) is 19.1 Å². The van der Waals surface area contributed by atoms with Gasteiger partial charge < -0.3 is 10.6 Å². The Kier molecular flexibility index (Phi) is 6.47. The molecular weight excluding hydrogens is 497 g/mol. The first kappa shape index (κ1) is 24.6. The summed E-state index contributed by atoms with van der Waals surface area (Å²) in [5, 5.41) is 9.92. The molecule has 1 atom stereocenters. The monoisotopic (exact) mass is 519 g/mol. The molecule has 0 saturated heterocycles. The molecule has 2 aromatic heterocycles. The molecule has 0 radical (unpaired) electrons. The third-order valence-electron chi connectivity index (χ3n) is 6.64. The van der Waals surface area contributed by atoms with Gasteiger partial charge in [0, 0.05) is 24.2 Å². The maximum absolute atomic E-state index is 13.4. The van der Waals surface area contributed by atoms with Crippen LogP contribution in [0.15, 0.2) is 48.7 Å². The quantitative estimate of drug-likeness (QED) is 0.368. The van der Waals surface area contributed by atoms with Gasteiger partial charge in [-0.05, 0) is 61.1 Å². The Morgan fingerprint density at radius 2 is 1.95 bits per heavy atom. The second-order valence-corrected chi connectivity index (χ2v) is 9.39. The smallest absolute Gasteiger partial charge is 0.270 e. The lowest BCUT2D eigenvalue weighted by atomic mass is 9.96. The zero-order valence-electron chi connectivity index (χ0n) is 20.1. The van der Waals surface area contributed by atoms with Gasteiger partial charge in [-0.3, -0.25) is 14.4 Å². The number of carbonyl (C=O) groups excluding carboxylic acids is 3. The molecule has 0 spiro atoms. The summed E-state index contributed by atoms with van der Waals surface area (Å²) < 4.78 is 14.8. The molecule has 1 aliphatic rings. The van der Waals surface area contributed by atoms with E-state index >= 15 is 0 Å². The first-order valence-corrected chi connectivity index (χ1v) is 12.1. The van der Waals surface area contributed by atoms with Crippen LogP contribution in [-0.2, 0) is 13.0 Å². The second kappa shape index (κ2) is 9.74. The van der Waals surface area contributed by atoms with E-state index in [9.17, 15) is 18.8 Å². The van der Waals surface area contributed by atoms with Crippen LogP contribution >= 0.6 is 11.6 Å². The summed E-state index contributed by atoms with van der Waals surface area (Å²) in [6, 6.07) is 10.6. The standard InChI is InChI=1S/C27H23ClFN5O3/c1-14-17(15(2)35)4-5-19-18(14)6-8-22(19)33-27(37)24-12-23(32-25-9-10-31-34(24)25)26(36)30-13-16-3-7-21(29)20(28)11-16/h3-5,7,9-12,22H,6,8,13H2,1-2H3,(H,30,36)(H,33,37)/t22-/m0/s1. The molecule has 4 aromatic rings. The number of benzene rings is 2. The number of carbonyl (C=O) groups is 3. The zero-order chi connectivity index (χ0) is 26.3. The average molecular weight is 520 g/mol. The summed E-state index contributed by atoms with van der Waals surface area (Å²) in [4.78, 5) is 42.5. The van der Waals surface area contributed by atoms with Crippen molar-refractivity contribution in [3.63, 3.8) is 0 Å². The Morgan fingerprint density at radius 3 is 2.70 bits per heavy atom. The molecule has 0 unspecified atom stereocenters. The highest BCUT2D eigenvalue weighted by atomic mass is 35.5. The molecule has 0 fully saturated rings. The van der Waals surface area contributed by atoms with Crippen molar-refractivity contribution in [1.82, 2.24) is 25.2 Å². The van der Waals surface area contributed by atoms with Crippen molar-refractivity contribution in [2.75, 3.05) is 0 Å². The lowest BCUT2D eigenvalue weighted by Gasteiger charge is -2.16. The van der Waals surface area contributed by atoms with Crippen molar-refractivity contribution in [3.05, 3.63) is 98.7 Å². The van der Waals surface area contributed by atoms with E-state index in [1.165, 1.54) is 35.0 Å². The predicted molar refractivity (Wildman–Crippen MR) is 135 cm³/mol. The highest BCUT2D eigenvalue weighted by Gasteiger charge is 2.28. The van der Waals surface area contributed by atoms with E-state index in [0.717, 1.165) is 23.1 Å². The maximum atomic E-state index is 13.4. The van der Waals surface area contributed by atoms with Crippen LogP contribution in [0.3, 0.4) is 0 Å². The Labute approximate surface area is 216 Å². The zero-order valence-corrected chi connectivity index (χ0v) is 20.9. The number of nitrogens with one attached hydrogen (secondary N) is 2. The molecule has 1 aliphatic carbocycles. The van der Waals surface area contributed by atoms with E-state index in [1.807, 2.05) is 13.0 Å². The number of hydrogen-bond acceptors (Lipinski definition) is 5. The molecule has 2 N–H and O–H groups in total. The molecule has 2 amide bonds. The average Bonchev–Trinajstić information content (AvgIpc) is 3.51. The Hall–Kier alpha value is -4.11. The Morgan fingerprint density at radius 1 is 1.14 bits per heavy atom. The van der Waals surface area contributed by atoms with Crippen LogP contribution in [0.25, 0.3) is 5.65 Å². The number of amides is 2. The number of ketones is 1. The molecular formula is C27H23ClFN5O3. The van der Waals surface area contributed by atoms with E-state index in [-0.39, 0.29) is 34.8 Å². The van der Waals surface area contributed by atoms with E-state index in [2.05, 4.69) is 20.7 Å². The molecule has 2 heterocycles. The summed E-state index contributed by atoms with van der Waals surface area (Å²) >= 11 is 5.82. The first-order valence-electron chi connectivity index (χ1n) is 11.7. The Balaban J connectivity index is 1.37. The molecule has 8 nitrogen and oxygen atoms in total. The number of fused-ring (bicyclic) bond motifs is 2. The van der Waals surface area contributed by atoms with E-state index in [0.29, 0.717) is 23.2 Å². The number of aromatic nitrogens is 3. The van der Waals surface area contributed by atoms with Crippen LogP contribution in [0.4, 0.5) is 4.39 Å². The number of halogens is 2. The number of rotatable bonds is 6. The van der Waals surface area contributed by atoms with Gasteiger partial charge >= 0.3 is 0 Å². The van der Waals surface area contributed by atoms with Gasteiger partial charge in [-0.2, -0.15) is 5.10 Å². The molecule has 5 rings (SSSR count). The van der Waals surface area contributed by atoms with Crippen molar-refractivity contribution >= 4 is 34.8 Å². The number of Topliss-reactive ketones (excluding diaryl/α,β-unsaturated/α-hetero) is 1. The molecule has 0 bridgehead atoms. The van der Waals surface area contributed by atoms with Crippen LogP contribution in [0.5, 0.6) is 0 Å². The molecule has 0 aliphatic heterocycles. The minimum Gasteiger partial charge on any atom is -0.347 e. The number of hydrogen-bond donors (Lipinski definition) is 2. The Bertz CT molecular complexity index is 1580. The van der Waals surface area contributed by atoms with E-state index < -0.39 is 17.6 Å². The van der Waals surface area contributed by atoms with Crippen molar-refractivity contribution in [2.45, 2.75) is 39.3 Å². The lowest BCUT2D eigenvalue weighted by molar-refractivity contribution is 0.0927. The van der Waals surface area contributed by atoms with Crippen LogP contribution in [0.2, 0.25) is 5.02 Å². The fourth-order valence-corrected chi connectivity index (χ4v) is 4.96. The summed E-state index contributed by atoms with van der Waals surface area (Å²) in [5.41, 5.74) is 4.87. The van der Waals surface area contributed by atoms with Gasteiger partial charge in [-0.25, -0.2) is 13.9 Å². The first-order chi connectivity index (χ1) is 17.7. The largest absolute Gasteiger partial charge is 0.347 e. The fraction of sp³-hybridized carbons (Fsp3) is 0.222. The summed E-state index contributed by atoms with van der Waals surface area (Å²) in [7, 11) is 0. The van der Waals surface area contributed by atoms with E-state index in [4.69, 9.17) is 11.6 Å². The summed E-state index contributed by atoms with van der Waals surface area (Å²) in [6.07, 6.45) is 2.95. The summed E-state index contributed by atoms with van der Waals surface area (Å²) in [5.74, 6) is -1.43.